The summed E-state index contributed by atoms with van der Waals surface area (Å²) in [4.78, 5) is 10.8. The molecule has 0 amide bonds. The van der Waals surface area contributed by atoms with E-state index < -0.39 is 0 Å². The average Bonchev–Trinajstić information content (AvgIpc) is 3.97. The Hall–Kier alpha value is -7.76. The van der Waals surface area contributed by atoms with Gasteiger partial charge in [0.25, 0.3) is 0 Å². The van der Waals surface area contributed by atoms with Crippen LogP contribution >= 0.6 is 0 Å². The van der Waals surface area contributed by atoms with E-state index in [9.17, 15) is 0 Å². The normalized spacial score (nSPS) is 11.9. The molecule has 0 aliphatic rings. The van der Waals surface area contributed by atoms with E-state index in [1.165, 1.54) is 32.8 Å². The van der Waals surface area contributed by atoms with Crippen LogP contribution in [0.4, 0.5) is 0 Å². The summed E-state index contributed by atoms with van der Waals surface area (Å²) in [6.07, 6.45) is 2.19. The molecule has 0 unspecified atom stereocenters. The summed E-state index contributed by atoms with van der Waals surface area (Å²) < 4.78 is 7.02. The summed E-state index contributed by atoms with van der Waals surface area (Å²) in [5.74, 6) is 0.645. The molecule has 0 atom stereocenters. The quantitative estimate of drug-likeness (QED) is 0.177. The number of aromatic nitrogens is 5. The number of benzene rings is 8. The van der Waals surface area contributed by atoms with Crippen molar-refractivity contribution in [3.63, 3.8) is 0 Å². The van der Waals surface area contributed by atoms with E-state index >= 15 is 0 Å². The summed E-state index contributed by atoms with van der Waals surface area (Å²) in [6.45, 7) is 0. The molecular weight excluding hydrogens is 695 g/mol. The first-order valence-electron chi connectivity index (χ1n) is 19.3. The second-order valence-corrected chi connectivity index (χ2v) is 14.6. The van der Waals surface area contributed by atoms with Crippen molar-refractivity contribution >= 4 is 65.4 Å². The lowest BCUT2D eigenvalue weighted by atomic mass is 10.0. The number of hydrogen-bond acceptors (Lipinski definition) is 2. The number of rotatable bonds is 5. The van der Waals surface area contributed by atoms with Crippen LogP contribution in [-0.4, -0.2) is 23.7 Å². The van der Waals surface area contributed by atoms with Gasteiger partial charge in [-0.25, -0.2) is 9.97 Å². The SMILES string of the molecule is c1ccc(-c2ccc(-c3nc(-n4c5ccccc5c5ccc6c(c7ccc8c(ccn8-c8ccccc8)c7n6-c6ccccc6)c54)nc4ccccc34)cc2)cc1. The van der Waals surface area contributed by atoms with Crippen molar-refractivity contribution in [2.45, 2.75) is 0 Å². The molecule has 0 bridgehead atoms. The zero-order valence-electron chi connectivity index (χ0n) is 30.8. The molecule has 57 heavy (non-hydrogen) atoms. The summed E-state index contributed by atoms with van der Waals surface area (Å²) >= 11 is 0. The molecule has 4 heterocycles. The largest absolute Gasteiger partial charge is 0.316 e. The van der Waals surface area contributed by atoms with Crippen LogP contribution in [0.15, 0.2) is 200 Å². The van der Waals surface area contributed by atoms with Gasteiger partial charge in [-0.15, -0.1) is 0 Å². The second kappa shape index (κ2) is 12.4. The van der Waals surface area contributed by atoms with E-state index in [1.807, 2.05) is 0 Å². The minimum absolute atomic E-state index is 0.645. The topological polar surface area (TPSA) is 40.6 Å². The fourth-order valence-electron chi connectivity index (χ4n) is 8.97. The summed E-state index contributed by atoms with van der Waals surface area (Å²) in [7, 11) is 0. The van der Waals surface area contributed by atoms with Gasteiger partial charge in [0.05, 0.1) is 38.8 Å². The maximum Gasteiger partial charge on any atom is 0.235 e. The third-order valence-electron chi connectivity index (χ3n) is 11.5. The van der Waals surface area contributed by atoms with Gasteiger partial charge in [0.2, 0.25) is 5.95 Å². The number of fused-ring (bicyclic) bond motifs is 10. The standard InChI is InChI=1S/C52H33N5/c1-4-14-34(15-5-1)35-24-26-36(27-25-35)49-41-21-10-12-22-44(41)53-52(54-49)57-46-23-13-11-20-39(46)40-28-31-47-48(51(40)57)43-29-30-45-42(32-33-55(45)37-16-6-2-7-17-37)50(43)56(47)38-18-8-3-9-19-38/h1-33H. The number of hydrogen-bond donors (Lipinski definition) is 0. The van der Waals surface area contributed by atoms with Gasteiger partial charge in [-0.2, -0.15) is 0 Å². The van der Waals surface area contributed by atoms with E-state index in [-0.39, 0.29) is 0 Å². The van der Waals surface area contributed by atoms with Gasteiger partial charge in [-0.1, -0.05) is 133 Å². The lowest BCUT2D eigenvalue weighted by molar-refractivity contribution is 1.02. The highest BCUT2D eigenvalue weighted by atomic mass is 15.2. The van der Waals surface area contributed by atoms with Crippen molar-refractivity contribution < 1.29 is 0 Å². The Morgan fingerprint density at radius 1 is 0.333 bits per heavy atom. The first-order chi connectivity index (χ1) is 28.3. The van der Waals surface area contributed by atoms with Crippen LogP contribution in [0.5, 0.6) is 0 Å². The smallest absolute Gasteiger partial charge is 0.235 e. The van der Waals surface area contributed by atoms with Crippen molar-refractivity contribution in [1.82, 2.24) is 23.7 Å². The first kappa shape index (κ1) is 31.6. The third kappa shape index (κ3) is 4.76. The predicted molar refractivity (Wildman–Crippen MR) is 236 cm³/mol. The Kier molecular flexibility index (Phi) is 6.86. The van der Waals surface area contributed by atoms with Crippen molar-refractivity contribution in [3.8, 4) is 39.7 Å². The monoisotopic (exact) mass is 727 g/mol. The molecule has 0 saturated carbocycles. The Balaban J connectivity index is 1.19. The average molecular weight is 728 g/mol. The molecule has 5 nitrogen and oxygen atoms in total. The molecule has 12 rings (SSSR count). The van der Waals surface area contributed by atoms with Gasteiger partial charge in [0, 0.05) is 55.5 Å². The van der Waals surface area contributed by atoms with Gasteiger partial charge in [-0.3, -0.25) is 4.57 Å². The molecule has 8 aromatic carbocycles. The molecule has 0 saturated heterocycles. The summed E-state index contributed by atoms with van der Waals surface area (Å²) in [5.41, 5.74) is 13.1. The molecular formula is C52H33N5. The molecule has 0 fully saturated rings. The zero-order valence-corrected chi connectivity index (χ0v) is 30.8. The molecule has 0 radical (unpaired) electrons. The Bertz CT molecular complexity index is 3490. The highest BCUT2D eigenvalue weighted by Gasteiger charge is 2.24. The third-order valence-corrected chi connectivity index (χ3v) is 11.5. The Morgan fingerprint density at radius 3 is 1.74 bits per heavy atom. The Labute approximate surface area is 328 Å². The van der Waals surface area contributed by atoms with Crippen LogP contribution in [-0.2, 0) is 0 Å². The van der Waals surface area contributed by atoms with Crippen molar-refractivity contribution in [2.75, 3.05) is 0 Å². The summed E-state index contributed by atoms with van der Waals surface area (Å²) in [5, 5.41) is 6.89. The molecule has 12 aromatic rings. The van der Waals surface area contributed by atoms with Gasteiger partial charge < -0.3 is 9.13 Å². The molecule has 4 aromatic heterocycles. The van der Waals surface area contributed by atoms with Crippen LogP contribution < -0.4 is 0 Å². The maximum absolute atomic E-state index is 5.50. The molecule has 0 aliphatic carbocycles. The lowest BCUT2D eigenvalue weighted by Crippen LogP contribution is -2.03. The van der Waals surface area contributed by atoms with Crippen LogP contribution in [0, 0.1) is 0 Å². The van der Waals surface area contributed by atoms with E-state index in [1.54, 1.807) is 0 Å². The predicted octanol–water partition coefficient (Wildman–Crippen LogP) is 13.1. The highest BCUT2D eigenvalue weighted by Crippen LogP contribution is 2.44. The van der Waals surface area contributed by atoms with E-state index in [0.717, 1.165) is 66.4 Å². The fourth-order valence-corrected chi connectivity index (χ4v) is 8.97. The van der Waals surface area contributed by atoms with Crippen LogP contribution in [0.1, 0.15) is 0 Å². The first-order valence-corrected chi connectivity index (χ1v) is 19.3. The van der Waals surface area contributed by atoms with E-state index in [0.29, 0.717) is 5.95 Å². The van der Waals surface area contributed by atoms with Gasteiger partial charge in [-0.05, 0) is 71.8 Å². The minimum Gasteiger partial charge on any atom is -0.316 e. The van der Waals surface area contributed by atoms with E-state index in [4.69, 9.17) is 9.97 Å². The van der Waals surface area contributed by atoms with Gasteiger partial charge in [0.1, 0.15) is 0 Å². The molecule has 0 aliphatic heterocycles. The molecule has 266 valence electrons. The van der Waals surface area contributed by atoms with E-state index in [2.05, 4.69) is 214 Å². The summed E-state index contributed by atoms with van der Waals surface area (Å²) in [6, 6.07) is 69.0. The van der Waals surface area contributed by atoms with Crippen molar-refractivity contribution in [3.05, 3.63) is 200 Å². The Morgan fingerprint density at radius 2 is 0.947 bits per heavy atom. The van der Waals surface area contributed by atoms with Crippen LogP contribution in [0.2, 0.25) is 0 Å². The fraction of sp³-hybridized carbons (Fsp3) is 0. The van der Waals surface area contributed by atoms with Gasteiger partial charge in [0.15, 0.2) is 0 Å². The minimum atomic E-state index is 0.645. The number of para-hydroxylation sites is 4. The maximum atomic E-state index is 5.50. The molecule has 0 spiro atoms. The molecule has 0 N–H and O–H groups in total. The lowest BCUT2D eigenvalue weighted by Gasteiger charge is -2.13. The van der Waals surface area contributed by atoms with Gasteiger partial charge >= 0.3 is 0 Å². The van der Waals surface area contributed by atoms with Crippen molar-refractivity contribution in [1.29, 1.82) is 0 Å². The van der Waals surface area contributed by atoms with Crippen molar-refractivity contribution in [2.24, 2.45) is 0 Å². The highest BCUT2D eigenvalue weighted by molar-refractivity contribution is 6.29. The number of nitrogens with zero attached hydrogens (tertiary/aromatic N) is 5. The molecule has 5 heteroatoms. The van der Waals surface area contributed by atoms with Crippen LogP contribution in [0.3, 0.4) is 0 Å². The second-order valence-electron chi connectivity index (χ2n) is 14.6. The van der Waals surface area contributed by atoms with Crippen LogP contribution in [0.25, 0.3) is 105 Å². The zero-order chi connectivity index (χ0) is 37.5.